The molecule has 0 aromatic heterocycles. The van der Waals surface area contributed by atoms with Crippen LogP contribution in [0.5, 0.6) is 0 Å². The Labute approximate surface area is 93.7 Å². The number of alkyl halides is 3. The lowest BCUT2D eigenvalue weighted by molar-refractivity contribution is -0.213. The second kappa shape index (κ2) is 4.18. The smallest absolute Gasteiger partial charge is 0.378 e. The SMILES string of the molecule is CCC1(CN2CCOC[C@@H]2C(F)(F)F)CC1. The minimum absolute atomic E-state index is 0.167. The average molecular weight is 237 g/mol. The number of ether oxygens (including phenoxy) is 1. The van der Waals surface area contributed by atoms with E-state index in [9.17, 15) is 13.2 Å². The molecule has 1 heterocycles. The van der Waals surface area contributed by atoms with E-state index in [1.54, 1.807) is 4.90 Å². The highest BCUT2D eigenvalue weighted by Crippen LogP contribution is 2.49. The van der Waals surface area contributed by atoms with Crippen LogP contribution in [0, 0.1) is 5.41 Å². The molecule has 1 aliphatic heterocycles. The van der Waals surface area contributed by atoms with Crippen LogP contribution in [-0.4, -0.2) is 43.4 Å². The third-order valence-corrected chi connectivity index (χ3v) is 3.86. The molecule has 2 aliphatic rings. The van der Waals surface area contributed by atoms with Crippen molar-refractivity contribution in [3.63, 3.8) is 0 Å². The lowest BCUT2D eigenvalue weighted by Crippen LogP contribution is -2.54. The number of rotatable bonds is 3. The highest BCUT2D eigenvalue weighted by molar-refractivity contribution is 4.96. The molecule has 2 nitrogen and oxygen atoms in total. The summed E-state index contributed by atoms with van der Waals surface area (Å²) in [6, 6.07) is -1.40. The van der Waals surface area contributed by atoms with E-state index in [2.05, 4.69) is 6.92 Å². The Morgan fingerprint density at radius 3 is 2.56 bits per heavy atom. The van der Waals surface area contributed by atoms with Crippen molar-refractivity contribution < 1.29 is 17.9 Å². The van der Waals surface area contributed by atoms with E-state index >= 15 is 0 Å². The van der Waals surface area contributed by atoms with Crippen LogP contribution in [0.2, 0.25) is 0 Å². The predicted molar refractivity (Wildman–Crippen MR) is 54.2 cm³/mol. The molecular weight excluding hydrogens is 219 g/mol. The molecule has 2 fully saturated rings. The lowest BCUT2D eigenvalue weighted by atomic mass is 10.0. The van der Waals surface area contributed by atoms with E-state index in [1.807, 2.05) is 0 Å². The van der Waals surface area contributed by atoms with E-state index in [1.165, 1.54) is 0 Å². The lowest BCUT2D eigenvalue weighted by Gasteiger charge is -2.38. The van der Waals surface area contributed by atoms with Crippen LogP contribution in [0.4, 0.5) is 13.2 Å². The number of hydrogen-bond acceptors (Lipinski definition) is 2. The molecule has 0 aromatic carbocycles. The normalized spacial score (nSPS) is 30.4. The minimum Gasteiger partial charge on any atom is -0.378 e. The van der Waals surface area contributed by atoms with Gasteiger partial charge in [-0.1, -0.05) is 6.92 Å². The van der Waals surface area contributed by atoms with Gasteiger partial charge in [-0.15, -0.1) is 0 Å². The Balaban J connectivity index is 2.00. The van der Waals surface area contributed by atoms with E-state index in [4.69, 9.17) is 4.74 Å². The van der Waals surface area contributed by atoms with Crippen molar-refractivity contribution in [2.24, 2.45) is 5.41 Å². The summed E-state index contributed by atoms with van der Waals surface area (Å²) in [6.07, 6.45) is -1.03. The molecule has 5 heteroatoms. The van der Waals surface area contributed by atoms with Gasteiger partial charge in [-0.2, -0.15) is 13.2 Å². The first-order valence-electron chi connectivity index (χ1n) is 5.85. The molecule has 1 atom stereocenters. The maximum absolute atomic E-state index is 12.8. The Morgan fingerprint density at radius 2 is 2.06 bits per heavy atom. The summed E-state index contributed by atoms with van der Waals surface area (Å²) >= 11 is 0. The summed E-state index contributed by atoms with van der Waals surface area (Å²) in [5.41, 5.74) is 0.167. The monoisotopic (exact) mass is 237 g/mol. The molecule has 1 saturated heterocycles. The summed E-state index contributed by atoms with van der Waals surface area (Å²) in [5, 5.41) is 0. The van der Waals surface area contributed by atoms with Crippen LogP contribution in [0.3, 0.4) is 0 Å². The molecule has 0 N–H and O–H groups in total. The molecule has 0 bridgehead atoms. The molecule has 1 saturated carbocycles. The fraction of sp³-hybridized carbons (Fsp3) is 1.00. The van der Waals surface area contributed by atoms with Crippen LogP contribution < -0.4 is 0 Å². The van der Waals surface area contributed by atoms with Gasteiger partial charge in [0.1, 0.15) is 6.04 Å². The molecular formula is C11H18F3NO. The quantitative estimate of drug-likeness (QED) is 0.747. The summed E-state index contributed by atoms with van der Waals surface area (Å²) < 4.78 is 43.3. The Hall–Kier alpha value is -0.290. The second-order valence-corrected chi connectivity index (χ2v) is 4.96. The van der Waals surface area contributed by atoms with Crippen molar-refractivity contribution in [3.05, 3.63) is 0 Å². The molecule has 0 radical (unpaired) electrons. The first-order valence-corrected chi connectivity index (χ1v) is 5.85. The van der Waals surface area contributed by atoms with E-state index in [-0.39, 0.29) is 12.0 Å². The van der Waals surface area contributed by atoms with Gasteiger partial charge in [-0.25, -0.2) is 0 Å². The van der Waals surface area contributed by atoms with Crippen LogP contribution in [0.15, 0.2) is 0 Å². The molecule has 0 amide bonds. The molecule has 1 aliphatic carbocycles. The van der Waals surface area contributed by atoms with E-state index in [0.717, 1.165) is 19.3 Å². The van der Waals surface area contributed by atoms with Gasteiger partial charge in [0.25, 0.3) is 0 Å². The van der Waals surface area contributed by atoms with Gasteiger partial charge in [0, 0.05) is 13.1 Å². The van der Waals surface area contributed by atoms with E-state index in [0.29, 0.717) is 19.7 Å². The fourth-order valence-electron chi connectivity index (χ4n) is 2.36. The van der Waals surface area contributed by atoms with Crippen molar-refractivity contribution in [2.75, 3.05) is 26.3 Å². The Morgan fingerprint density at radius 1 is 1.38 bits per heavy atom. The molecule has 0 aromatic rings. The van der Waals surface area contributed by atoms with Gasteiger partial charge in [-0.05, 0) is 24.7 Å². The molecule has 94 valence electrons. The third kappa shape index (κ3) is 2.51. The minimum atomic E-state index is -4.16. The molecule has 0 unspecified atom stereocenters. The second-order valence-electron chi connectivity index (χ2n) is 4.96. The standard InChI is InChI=1S/C11H18F3NO/c1-2-10(3-4-10)8-15-5-6-16-7-9(15)11(12,13)14/h9H,2-8H2,1H3/t9-/m1/s1. The maximum Gasteiger partial charge on any atom is 0.406 e. The topological polar surface area (TPSA) is 12.5 Å². The molecule has 16 heavy (non-hydrogen) atoms. The summed E-state index contributed by atoms with van der Waals surface area (Å²) in [4.78, 5) is 1.57. The zero-order valence-electron chi connectivity index (χ0n) is 9.52. The first kappa shape index (κ1) is 12.2. The van der Waals surface area contributed by atoms with Crippen LogP contribution >= 0.6 is 0 Å². The maximum atomic E-state index is 12.8. The zero-order chi connectivity index (χ0) is 11.8. The van der Waals surface area contributed by atoms with Crippen LogP contribution in [-0.2, 0) is 4.74 Å². The number of hydrogen-bond donors (Lipinski definition) is 0. The third-order valence-electron chi connectivity index (χ3n) is 3.86. The predicted octanol–water partition coefficient (Wildman–Crippen LogP) is 2.44. The van der Waals surface area contributed by atoms with Crippen LogP contribution in [0.25, 0.3) is 0 Å². The van der Waals surface area contributed by atoms with Crippen LogP contribution in [0.1, 0.15) is 26.2 Å². The fourth-order valence-corrected chi connectivity index (χ4v) is 2.36. The first-order chi connectivity index (χ1) is 7.47. The van der Waals surface area contributed by atoms with Gasteiger partial charge in [0.2, 0.25) is 0 Å². The van der Waals surface area contributed by atoms with Gasteiger partial charge in [-0.3, -0.25) is 4.90 Å². The zero-order valence-corrected chi connectivity index (χ0v) is 9.52. The average Bonchev–Trinajstić information content (AvgIpc) is 2.98. The van der Waals surface area contributed by atoms with Crippen molar-refractivity contribution in [1.29, 1.82) is 0 Å². The van der Waals surface area contributed by atoms with Crippen molar-refractivity contribution in [1.82, 2.24) is 4.90 Å². The van der Waals surface area contributed by atoms with Gasteiger partial charge >= 0.3 is 6.18 Å². The largest absolute Gasteiger partial charge is 0.406 e. The summed E-state index contributed by atoms with van der Waals surface area (Å²) in [7, 11) is 0. The van der Waals surface area contributed by atoms with Crippen molar-refractivity contribution >= 4 is 0 Å². The Bertz CT molecular complexity index is 250. The van der Waals surface area contributed by atoms with Gasteiger partial charge < -0.3 is 4.74 Å². The highest BCUT2D eigenvalue weighted by atomic mass is 19.4. The Kier molecular flexibility index (Phi) is 3.18. The number of morpholine rings is 1. The van der Waals surface area contributed by atoms with Gasteiger partial charge in [0.05, 0.1) is 13.2 Å². The summed E-state index contributed by atoms with van der Waals surface area (Å²) in [5.74, 6) is 0. The number of halogens is 3. The number of nitrogens with zero attached hydrogens (tertiary/aromatic N) is 1. The van der Waals surface area contributed by atoms with Gasteiger partial charge in [0.15, 0.2) is 0 Å². The van der Waals surface area contributed by atoms with Crippen molar-refractivity contribution in [3.8, 4) is 0 Å². The summed E-state index contributed by atoms with van der Waals surface area (Å²) in [6.45, 7) is 3.27. The highest BCUT2D eigenvalue weighted by Gasteiger charge is 2.49. The molecule has 2 rings (SSSR count). The molecule has 0 spiro atoms. The van der Waals surface area contributed by atoms with Crippen molar-refractivity contribution in [2.45, 2.75) is 38.4 Å². The van der Waals surface area contributed by atoms with E-state index < -0.39 is 12.2 Å².